The molecule has 0 amide bonds. The molecule has 8 aromatic rings. The molecule has 0 saturated carbocycles. The Morgan fingerprint density at radius 3 is 1.90 bits per heavy atom. The molecule has 0 bridgehead atoms. The Morgan fingerprint density at radius 1 is 0.500 bits per heavy atom. The molecule has 1 aromatic heterocycles. The van der Waals surface area contributed by atoms with Gasteiger partial charge in [0.15, 0.2) is 0 Å². The molecule has 1 aliphatic rings. The maximum Gasteiger partial charge on any atom is 0.131 e. The molecule has 240 valence electrons. The lowest BCUT2D eigenvalue weighted by atomic mass is 9.90. The summed E-state index contributed by atoms with van der Waals surface area (Å²) in [5.41, 5.74) is 11.3. The van der Waals surface area contributed by atoms with Gasteiger partial charge in [-0.2, -0.15) is 0 Å². The minimum absolute atomic E-state index is 0.137. The molecule has 2 N–H and O–H groups in total. The summed E-state index contributed by atoms with van der Waals surface area (Å²) < 4.78 is 0. The van der Waals surface area contributed by atoms with E-state index in [4.69, 9.17) is 9.98 Å². The van der Waals surface area contributed by atoms with Gasteiger partial charge in [-0.15, -0.1) is 0 Å². The van der Waals surface area contributed by atoms with Gasteiger partial charge in [0.1, 0.15) is 18.2 Å². The van der Waals surface area contributed by atoms with E-state index in [1.54, 1.807) is 0 Å². The van der Waals surface area contributed by atoms with Crippen molar-refractivity contribution in [1.82, 2.24) is 15.6 Å². The highest BCUT2D eigenvalue weighted by atomic mass is 15.3. The van der Waals surface area contributed by atoms with Crippen LogP contribution in [0.15, 0.2) is 163 Å². The molecule has 2 atom stereocenters. The molecule has 2 unspecified atom stereocenters. The van der Waals surface area contributed by atoms with E-state index in [1.165, 1.54) is 38.2 Å². The standard InChI is InChI=1S/C46H36N4/c1-29-16-20-32(21-17-29)44-48-45(33-22-18-30(2)19-23-33)50-46(49-44)37-26-35(39-15-7-10-31-11-8-24-47-43(31)39)25-36(27-37)42-28-34-9-3-4-12-38(34)40-13-5-6-14-41(40)42/h3-28,44-45,48H,1-2H3,(H,49,50). The number of aromatic nitrogens is 1. The van der Waals surface area contributed by atoms with Crippen LogP contribution in [0.5, 0.6) is 0 Å². The summed E-state index contributed by atoms with van der Waals surface area (Å²) >= 11 is 0. The van der Waals surface area contributed by atoms with Crippen LogP contribution in [-0.4, -0.2) is 10.8 Å². The topological polar surface area (TPSA) is 49.3 Å². The summed E-state index contributed by atoms with van der Waals surface area (Å²) in [5.74, 6) is 0.848. The van der Waals surface area contributed by atoms with Gasteiger partial charge < -0.3 is 5.32 Å². The molecule has 1 aliphatic heterocycles. The fourth-order valence-corrected chi connectivity index (χ4v) is 7.26. The zero-order chi connectivity index (χ0) is 33.6. The van der Waals surface area contributed by atoms with Crippen LogP contribution >= 0.6 is 0 Å². The van der Waals surface area contributed by atoms with E-state index in [1.807, 2.05) is 12.3 Å². The van der Waals surface area contributed by atoms with E-state index in [0.29, 0.717) is 0 Å². The summed E-state index contributed by atoms with van der Waals surface area (Å²) in [6, 6.07) is 54.6. The Balaban J connectivity index is 1.28. The Hall–Kier alpha value is -6.10. The first-order valence-electron chi connectivity index (χ1n) is 17.2. The largest absolute Gasteiger partial charge is 0.350 e. The third-order valence-corrected chi connectivity index (χ3v) is 9.90. The van der Waals surface area contributed by atoms with Crippen LogP contribution in [-0.2, 0) is 0 Å². The number of aliphatic imine (C=N–C) groups is 1. The van der Waals surface area contributed by atoms with E-state index >= 15 is 0 Å². The normalized spacial score (nSPS) is 16.0. The van der Waals surface area contributed by atoms with Crippen molar-refractivity contribution in [1.29, 1.82) is 0 Å². The molecule has 4 nitrogen and oxygen atoms in total. The van der Waals surface area contributed by atoms with Crippen LogP contribution in [0.1, 0.15) is 40.1 Å². The summed E-state index contributed by atoms with van der Waals surface area (Å²) in [5, 5.41) is 13.6. The van der Waals surface area contributed by atoms with E-state index in [2.05, 4.69) is 170 Å². The Labute approximate surface area is 292 Å². The van der Waals surface area contributed by atoms with Crippen molar-refractivity contribution in [2.75, 3.05) is 0 Å². The van der Waals surface area contributed by atoms with Crippen molar-refractivity contribution in [2.45, 2.75) is 26.2 Å². The number of aryl methyl sites for hydroxylation is 2. The van der Waals surface area contributed by atoms with Gasteiger partial charge >= 0.3 is 0 Å². The van der Waals surface area contributed by atoms with Crippen LogP contribution in [0.4, 0.5) is 0 Å². The summed E-state index contributed by atoms with van der Waals surface area (Å²) in [4.78, 5) is 10.2. The number of nitrogens with zero attached hydrogens (tertiary/aromatic N) is 2. The zero-order valence-electron chi connectivity index (χ0n) is 28.1. The average Bonchev–Trinajstić information content (AvgIpc) is 3.17. The molecule has 0 aliphatic carbocycles. The fraction of sp³-hybridized carbons (Fsp3) is 0.0870. The van der Waals surface area contributed by atoms with Gasteiger partial charge in [-0.25, -0.2) is 4.99 Å². The molecular formula is C46H36N4. The summed E-state index contributed by atoms with van der Waals surface area (Å²) in [6.07, 6.45) is 1.51. The van der Waals surface area contributed by atoms with Gasteiger partial charge in [-0.1, -0.05) is 132 Å². The molecule has 0 saturated heterocycles. The second-order valence-electron chi connectivity index (χ2n) is 13.3. The Kier molecular flexibility index (Phi) is 7.45. The number of nitrogens with one attached hydrogen (secondary N) is 2. The van der Waals surface area contributed by atoms with Crippen LogP contribution in [0.25, 0.3) is 54.7 Å². The lowest BCUT2D eigenvalue weighted by Gasteiger charge is -2.32. The van der Waals surface area contributed by atoms with Crippen molar-refractivity contribution in [3.8, 4) is 22.3 Å². The number of fused-ring (bicyclic) bond motifs is 4. The quantitative estimate of drug-likeness (QED) is 0.183. The molecule has 9 rings (SSSR count). The van der Waals surface area contributed by atoms with Crippen LogP contribution < -0.4 is 10.6 Å². The number of rotatable bonds is 5. The summed E-state index contributed by atoms with van der Waals surface area (Å²) in [6.45, 7) is 4.24. The van der Waals surface area contributed by atoms with Crippen molar-refractivity contribution >= 4 is 38.3 Å². The fourth-order valence-electron chi connectivity index (χ4n) is 7.26. The van der Waals surface area contributed by atoms with Crippen LogP contribution in [0.3, 0.4) is 0 Å². The van der Waals surface area contributed by atoms with Gasteiger partial charge in [-0.3, -0.25) is 10.3 Å². The molecule has 50 heavy (non-hydrogen) atoms. The highest BCUT2D eigenvalue weighted by Crippen LogP contribution is 2.39. The number of pyridine rings is 1. The first-order valence-corrected chi connectivity index (χ1v) is 17.2. The van der Waals surface area contributed by atoms with Gasteiger partial charge in [0.25, 0.3) is 0 Å². The predicted octanol–water partition coefficient (Wildman–Crippen LogP) is 10.8. The molecule has 0 fully saturated rings. The SMILES string of the molecule is Cc1ccc(C2N=C(c3cc(-c4cc5ccccc5c5ccccc45)cc(-c4cccc5cccnc45)c3)NC(c3ccc(C)cc3)N2)cc1. The number of hydrogen-bond acceptors (Lipinski definition) is 4. The minimum Gasteiger partial charge on any atom is -0.350 e. The smallest absolute Gasteiger partial charge is 0.131 e. The second-order valence-corrected chi connectivity index (χ2v) is 13.3. The van der Waals surface area contributed by atoms with Gasteiger partial charge in [0.2, 0.25) is 0 Å². The van der Waals surface area contributed by atoms with Crippen molar-refractivity contribution in [2.24, 2.45) is 4.99 Å². The Morgan fingerprint density at radius 2 is 1.12 bits per heavy atom. The number of benzene rings is 7. The average molecular weight is 645 g/mol. The number of para-hydroxylation sites is 1. The maximum atomic E-state index is 5.37. The van der Waals surface area contributed by atoms with Crippen LogP contribution in [0, 0.1) is 13.8 Å². The summed E-state index contributed by atoms with van der Waals surface area (Å²) in [7, 11) is 0. The third-order valence-electron chi connectivity index (χ3n) is 9.90. The van der Waals surface area contributed by atoms with E-state index in [0.717, 1.165) is 50.1 Å². The molecule has 0 radical (unpaired) electrons. The van der Waals surface area contributed by atoms with Crippen LogP contribution in [0.2, 0.25) is 0 Å². The molecule has 2 heterocycles. The number of hydrogen-bond donors (Lipinski definition) is 2. The van der Waals surface area contributed by atoms with Gasteiger partial charge in [0, 0.05) is 22.7 Å². The van der Waals surface area contributed by atoms with E-state index in [9.17, 15) is 0 Å². The van der Waals surface area contributed by atoms with Crippen molar-refractivity contribution in [3.63, 3.8) is 0 Å². The molecule has 4 heteroatoms. The minimum atomic E-state index is -0.231. The molecule has 7 aromatic carbocycles. The maximum absolute atomic E-state index is 5.37. The molecular weight excluding hydrogens is 609 g/mol. The predicted molar refractivity (Wildman–Crippen MR) is 208 cm³/mol. The Bertz CT molecular complexity index is 2560. The molecule has 0 spiro atoms. The first kappa shape index (κ1) is 30.0. The monoisotopic (exact) mass is 644 g/mol. The van der Waals surface area contributed by atoms with E-state index in [-0.39, 0.29) is 12.3 Å². The van der Waals surface area contributed by atoms with E-state index < -0.39 is 0 Å². The highest BCUT2D eigenvalue weighted by Gasteiger charge is 2.26. The third kappa shape index (κ3) is 5.50. The van der Waals surface area contributed by atoms with Gasteiger partial charge in [-0.05, 0) is 93.5 Å². The number of amidine groups is 1. The highest BCUT2D eigenvalue weighted by molar-refractivity contribution is 6.14. The lowest BCUT2D eigenvalue weighted by Crippen LogP contribution is -2.45. The van der Waals surface area contributed by atoms with Gasteiger partial charge in [0.05, 0.1) is 5.52 Å². The second kappa shape index (κ2) is 12.4. The zero-order valence-corrected chi connectivity index (χ0v) is 28.1. The lowest BCUT2D eigenvalue weighted by molar-refractivity contribution is 0.409. The first-order chi connectivity index (χ1) is 24.6. The van der Waals surface area contributed by atoms with Crippen molar-refractivity contribution < 1.29 is 0 Å². The van der Waals surface area contributed by atoms with Crippen molar-refractivity contribution in [3.05, 3.63) is 186 Å².